The minimum Gasteiger partial charge on any atom is -0.329 e. The molecule has 0 bridgehead atoms. The summed E-state index contributed by atoms with van der Waals surface area (Å²) in [4.78, 5) is 2.35. The molecule has 0 aliphatic heterocycles. The Morgan fingerprint density at radius 3 is 2.13 bits per heavy atom. The Bertz CT molecular complexity index is 280. The van der Waals surface area contributed by atoms with Gasteiger partial charge in [0.15, 0.2) is 0 Å². The summed E-state index contributed by atoms with van der Waals surface area (Å²) >= 11 is 5.86. The van der Waals surface area contributed by atoms with E-state index < -0.39 is 0 Å². The fourth-order valence-electron chi connectivity index (χ4n) is 1.85. The molecule has 84 valence electrons. The van der Waals surface area contributed by atoms with Crippen LogP contribution in [0.3, 0.4) is 0 Å². The van der Waals surface area contributed by atoms with Gasteiger partial charge in [-0.15, -0.1) is 0 Å². The molecule has 1 rings (SSSR count). The normalized spacial score (nSPS) is 13.1. The van der Waals surface area contributed by atoms with E-state index in [4.69, 9.17) is 17.3 Å². The van der Waals surface area contributed by atoms with Crippen LogP contribution in [-0.2, 0) is 0 Å². The molecular formula is C12H19ClN2. The van der Waals surface area contributed by atoms with Crippen LogP contribution in [-0.4, -0.2) is 24.5 Å². The molecule has 3 heteroatoms. The number of halogens is 1. The van der Waals surface area contributed by atoms with E-state index in [-0.39, 0.29) is 0 Å². The Hall–Kier alpha value is -0.570. The summed E-state index contributed by atoms with van der Waals surface area (Å²) < 4.78 is 0. The van der Waals surface area contributed by atoms with Crippen molar-refractivity contribution in [3.63, 3.8) is 0 Å². The van der Waals surface area contributed by atoms with Gasteiger partial charge in [0.25, 0.3) is 0 Å². The number of hydrogen-bond acceptors (Lipinski definition) is 2. The van der Waals surface area contributed by atoms with E-state index >= 15 is 0 Å². The smallest absolute Gasteiger partial charge is 0.0470 e. The van der Waals surface area contributed by atoms with Crippen molar-refractivity contribution < 1.29 is 0 Å². The average Bonchev–Trinajstić information content (AvgIpc) is 2.27. The molecule has 0 aromatic heterocycles. The Morgan fingerprint density at radius 2 is 1.73 bits per heavy atom. The van der Waals surface area contributed by atoms with Crippen molar-refractivity contribution in [2.45, 2.75) is 19.9 Å². The third-order valence-corrected chi connectivity index (χ3v) is 2.98. The first kappa shape index (κ1) is 12.5. The lowest BCUT2D eigenvalue weighted by atomic mass is 10.1. The highest BCUT2D eigenvalue weighted by molar-refractivity contribution is 6.30. The number of rotatable bonds is 5. The van der Waals surface area contributed by atoms with Gasteiger partial charge in [0.2, 0.25) is 0 Å². The summed E-state index contributed by atoms with van der Waals surface area (Å²) in [6.07, 6.45) is 0. The van der Waals surface area contributed by atoms with E-state index in [0.717, 1.165) is 18.1 Å². The van der Waals surface area contributed by atoms with E-state index in [1.54, 1.807) is 0 Å². The molecule has 0 aliphatic carbocycles. The Labute approximate surface area is 97.0 Å². The molecular weight excluding hydrogens is 208 g/mol. The molecule has 0 unspecified atom stereocenters. The fourth-order valence-corrected chi connectivity index (χ4v) is 1.97. The number of nitrogens with zero attached hydrogens (tertiary/aromatic N) is 1. The average molecular weight is 227 g/mol. The standard InChI is InChI=1S/C12H19ClN2/c1-3-15(4-2)12(9-14)10-5-7-11(13)8-6-10/h5-8,12H,3-4,9,14H2,1-2H3/t12-/m0/s1. The third-order valence-electron chi connectivity index (χ3n) is 2.73. The van der Waals surface area contributed by atoms with E-state index in [1.807, 2.05) is 12.1 Å². The molecule has 1 aromatic rings. The van der Waals surface area contributed by atoms with Crippen LogP contribution in [0.15, 0.2) is 24.3 Å². The molecule has 0 heterocycles. The SMILES string of the molecule is CCN(CC)[C@@H](CN)c1ccc(Cl)cc1. The van der Waals surface area contributed by atoms with Crippen molar-refractivity contribution in [1.82, 2.24) is 4.90 Å². The lowest BCUT2D eigenvalue weighted by Crippen LogP contribution is -2.33. The highest BCUT2D eigenvalue weighted by atomic mass is 35.5. The van der Waals surface area contributed by atoms with E-state index in [1.165, 1.54) is 5.56 Å². The number of nitrogens with two attached hydrogens (primary N) is 1. The van der Waals surface area contributed by atoms with E-state index in [9.17, 15) is 0 Å². The summed E-state index contributed by atoms with van der Waals surface area (Å²) in [5.41, 5.74) is 7.06. The van der Waals surface area contributed by atoms with Crippen LogP contribution in [0.5, 0.6) is 0 Å². The first-order valence-corrected chi connectivity index (χ1v) is 5.80. The van der Waals surface area contributed by atoms with Gasteiger partial charge in [-0.05, 0) is 30.8 Å². The second-order valence-corrected chi connectivity index (χ2v) is 3.96. The lowest BCUT2D eigenvalue weighted by molar-refractivity contribution is 0.224. The number of hydrogen-bond donors (Lipinski definition) is 1. The van der Waals surface area contributed by atoms with Crippen molar-refractivity contribution in [1.29, 1.82) is 0 Å². The van der Waals surface area contributed by atoms with Gasteiger partial charge in [-0.3, -0.25) is 4.90 Å². The molecule has 15 heavy (non-hydrogen) atoms. The maximum atomic E-state index is 5.86. The highest BCUT2D eigenvalue weighted by Crippen LogP contribution is 2.21. The number of likely N-dealkylation sites (N-methyl/N-ethyl adjacent to an activating group) is 1. The van der Waals surface area contributed by atoms with Crippen LogP contribution < -0.4 is 5.73 Å². The Balaban J connectivity index is 2.86. The van der Waals surface area contributed by atoms with E-state index in [2.05, 4.69) is 30.9 Å². The minimum atomic E-state index is 0.303. The summed E-state index contributed by atoms with van der Waals surface area (Å²) in [5, 5.41) is 0.772. The van der Waals surface area contributed by atoms with Gasteiger partial charge in [0.1, 0.15) is 0 Å². The molecule has 1 aromatic carbocycles. The Morgan fingerprint density at radius 1 is 1.20 bits per heavy atom. The van der Waals surface area contributed by atoms with Crippen LogP contribution in [0.25, 0.3) is 0 Å². The summed E-state index contributed by atoms with van der Waals surface area (Å²) in [6, 6.07) is 8.25. The van der Waals surface area contributed by atoms with Crippen LogP contribution in [0.4, 0.5) is 0 Å². The molecule has 1 atom stereocenters. The largest absolute Gasteiger partial charge is 0.329 e. The van der Waals surface area contributed by atoms with Crippen LogP contribution in [0.1, 0.15) is 25.5 Å². The number of benzene rings is 1. The fraction of sp³-hybridized carbons (Fsp3) is 0.500. The van der Waals surface area contributed by atoms with Crippen molar-refractivity contribution in [2.24, 2.45) is 5.73 Å². The zero-order chi connectivity index (χ0) is 11.3. The van der Waals surface area contributed by atoms with Crippen LogP contribution >= 0.6 is 11.6 Å². The van der Waals surface area contributed by atoms with Gasteiger partial charge in [-0.2, -0.15) is 0 Å². The third kappa shape index (κ3) is 3.20. The molecule has 0 radical (unpaired) electrons. The zero-order valence-corrected chi connectivity index (χ0v) is 10.2. The molecule has 0 saturated heterocycles. The van der Waals surface area contributed by atoms with Gasteiger partial charge in [0.05, 0.1) is 0 Å². The van der Waals surface area contributed by atoms with Gasteiger partial charge < -0.3 is 5.73 Å². The van der Waals surface area contributed by atoms with Gasteiger partial charge in [-0.1, -0.05) is 37.6 Å². The highest BCUT2D eigenvalue weighted by Gasteiger charge is 2.15. The molecule has 0 aliphatic rings. The predicted molar refractivity (Wildman–Crippen MR) is 66.2 cm³/mol. The summed E-state index contributed by atoms with van der Waals surface area (Å²) in [7, 11) is 0. The Kier molecular flexibility index (Phi) is 5.09. The molecule has 2 N–H and O–H groups in total. The first-order valence-electron chi connectivity index (χ1n) is 5.42. The van der Waals surface area contributed by atoms with Gasteiger partial charge >= 0.3 is 0 Å². The lowest BCUT2D eigenvalue weighted by Gasteiger charge is -2.28. The minimum absolute atomic E-state index is 0.303. The van der Waals surface area contributed by atoms with Crippen molar-refractivity contribution in [3.05, 3.63) is 34.9 Å². The topological polar surface area (TPSA) is 29.3 Å². The van der Waals surface area contributed by atoms with Crippen molar-refractivity contribution in [2.75, 3.05) is 19.6 Å². The van der Waals surface area contributed by atoms with Crippen LogP contribution in [0, 0.1) is 0 Å². The molecule has 0 spiro atoms. The molecule has 2 nitrogen and oxygen atoms in total. The predicted octanol–water partition coefficient (Wildman–Crippen LogP) is 2.68. The molecule has 0 amide bonds. The summed E-state index contributed by atoms with van der Waals surface area (Å²) in [6.45, 7) is 6.98. The molecule has 0 fully saturated rings. The van der Waals surface area contributed by atoms with Crippen molar-refractivity contribution in [3.8, 4) is 0 Å². The maximum absolute atomic E-state index is 5.86. The molecule has 0 saturated carbocycles. The zero-order valence-electron chi connectivity index (χ0n) is 9.41. The maximum Gasteiger partial charge on any atom is 0.0470 e. The van der Waals surface area contributed by atoms with E-state index in [0.29, 0.717) is 12.6 Å². The monoisotopic (exact) mass is 226 g/mol. The second kappa shape index (κ2) is 6.11. The van der Waals surface area contributed by atoms with Gasteiger partial charge in [0, 0.05) is 17.6 Å². The van der Waals surface area contributed by atoms with Crippen LogP contribution in [0.2, 0.25) is 5.02 Å². The second-order valence-electron chi connectivity index (χ2n) is 3.52. The van der Waals surface area contributed by atoms with Crippen molar-refractivity contribution >= 4 is 11.6 Å². The van der Waals surface area contributed by atoms with Gasteiger partial charge in [-0.25, -0.2) is 0 Å². The summed E-state index contributed by atoms with van der Waals surface area (Å²) in [5.74, 6) is 0. The quantitative estimate of drug-likeness (QED) is 0.837. The first-order chi connectivity index (χ1) is 7.22.